The first-order valence-electron chi connectivity index (χ1n) is 4.82. The molecule has 0 aliphatic carbocycles. The lowest BCUT2D eigenvalue weighted by Gasteiger charge is -2.16. The second-order valence-corrected chi connectivity index (χ2v) is 3.95. The zero-order valence-corrected chi connectivity index (χ0v) is 9.58. The van der Waals surface area contributed by atoms with Gasteiger partial charge in [0.2, 0.25) is 5.91 Å². The van der Waals surface area contributed by atoms with E-state index in [9.17, 15) is 4.79 Å². The molecule has 1 aromatic carbocycles. The van der Waals surface area contributed by atoms with Crippen LogP contribution in [0.15, 0.2) is 24.3 Å². The highest BCUT2D eigenvalue weighted by Gasteiger charge is 2.14. The first kappa shape index (κ1) is 12.0. The summed E-state index contributed by atoms with van der Waals surface area (Å²) < 4.78 is 0. The summed E-state index contributed by atoms with van der Waals surface area (Å²) in [6.45, 7) is 3.52. The summed E-state index contributed by atoms with van der Waals surface area (Å²) in [6.07, 6.45) is 0. The van der Waals surface area contributed by atoms with Gasteiger partial charge in [0, 0.05) is 5.02 Å². The zero-order chi connectivity index (χ0) is 11.4. The Labute approximate surface area is 94.6 Å². The van der Waals surface area contributed by atoms with Gasteiger partial charge in [0.15, 0.2) is 0 Å². The Bertz CT molecular complexity index is 352. The number of benzene rings is 1. The summed E-state index contributed by atoms with van der Waals surface area (Å²) in [4.78, 5) is 11.4. The number of carbonyl (C=O) groups excluding carboxylic acids is 1. The molecule has 1 amide bonds. The SMILES string of the molecule is C[C@@H](N)C(=O)N[C@H](C)c1ccccc1Cl. The molecule has 0 aliphatic heterocycles. The lowest BCUT2D eigenvalue weighted by molar-refractivity contribution is -0.122. The Morgan fingerprint density at radius 3 is 2.53 bits per heavy atom. The van der Waals surface area contributed by atoms with E-state index in [0.29, 0.717) is 5.02 Å². The number of rotatable bonds is 3. The quantitative estimate of drug-likeness (QED) is 0.827. The lowest BCUT2D eigenvalue weighted by atomic mass is 10.1. The minimum absolute atomic E-state index is 0.128. The maximum Gasteiger partial charge on any atom is 0.237 e. The molecule has 0 saturated carbocycles. The Morgan fingerprint density at radius 1 is 1.40 bits per heavy atom. The van der Waals surface area contributed by atoms with E-state index in [1.54, 1.807) is 13.0 Å². The summed E-state index contributed by atoms with van der Waals surface area (Å²) in [6, 6.07) is 6.79. The summed E-state index contributed by atoms with van der Waals surface area (Å²) in [7, 11) is 0. The fraction of sp³-hybridized carbons (Fsp3) is 0.364. The molecule has 0 heterocycles. The van der Waals surface area contributed by atoms with Crippen LogP contribution in [0.2, 0.25) is 5.02 Å². The van der Waals surface area contributed by atoms with Crippen LogP contribution < -0.4 is 11.1 Å². The fourth-order valence-corrected chi connectivity index (χ4v) is 1.55. The largest absolute Gasteiger partial charge is 0.348 e. The smallest absolute Gasteiger partial charge is 0.237 e. The molecule has 2 atom stereocenters. The molecule has 0 fully saturated rings. The van der Waals surface area contributed by atoms with Crippen LogP contribution in [0, 0.1) is 0 Å². The van der Waals surface area contributed by atoms with E-state index in [-0.39, 0.29) is 11.9 Å². The van der Waals surface area contributed by atoms with Crippen LogP contribution in [0.25, 0.3) is 0 Å². The van der Waals surface area contributed by atoms with Crippen molar-refractivity contribution < 1.29 is 4.79 Å². The van der Waals surface area contributed by atoms with Gasteiger partial charge < -0.3 is 11.1 Å². The van der Waals surface area contributed by atoms with E-state index >= 15 is 0 Å². The van der Waals surface area contributed by atoms with Gasteiger partial charge in [-0.05, 0) is 25.5 Å². The maximum atomic E-state index is 11.4. The van der Waals surface area contributed by atoms with Crippen LogP contribution in [-0.4, -0.2) is 11.9 Å². The molecule has 0 bridgehead atoms. The molecule has 1 rings (SSSR count). The monoisotopic (exact) mass is 226 g/mol. The molecule has 0 radical (unpaired) electrons. The number of halogens is 1. The highest BCUT2D eigenvalue weighted by molar-refractivity contribution is 6.31. The van der Waals surface area contributed by atoms with Crippen molar-refractivity contribution in [2.45, 2.75) is 25.9 Å². The van der Waals surface area contributed by atoms with Crippen LogP contribution in [-0.2, 0) is 4.79 Å². The number of nitrogens with two attached hydrogens (primary N) is 1. The van der Waals surface area contributed by atoms with Crippen LogP contribution in [0.5, 0.6) is 0 Å². The predicted octanol–water partition coefficient (Wildman–Crippen LogP) is 1.86. The average molecular weight is 227 g/mol. The van der Waals surface area contributed by atoms with E-state index in [1.165, 1.54) is 0 Å². The summed E-state index contributed by atoms with van der Waals surface area (Å²) in [5.74, 6) is -0.178. The van der Waals surface area contributed by atoms with Crippen molar-refractivity contribution in [1.29, 1.82) is 0 Å². The third kappa shape index (κ3) is 3.22. The third-order valence-corrected chi connectivity index (χ3v) is 2.49. The zero-order valence-electron chi connectivity index (χ0n) is 8.83. The fourth-order valence-electron chi connectivity index (χ4n) is 1.25. The molecule has 3 N–H and O–H groups in total. The van der Waals surface area contributed by atoms with Gasteiger partial charge >= 0.3 is 0 Å². The summed E-state index contributed by atoms with van der Waals surface area (Å²) in [5.41, 5.74) is 6.35. The normalized spacial score (nSPS) is 14.4. The molecule has 0 unspecified atom stereocenters. The van der Waals surface area contributed by atoms with Crippen LogP contribution in [0.3, 0.4) is 0 Å². The molecule has 1 aromatic rings. The van der Waals surface area contributed by atoms with Crippen molar-refractivity contribution in [3.63, 3.8) is 0 Å². The molecule has 4 heteroatoms. The number of hydrogen-bond acceptors (Lipinski definition) is 2. The van der Waals surface area contributed by atoms with E-state index in [1.807, 2.05) is 25.1 Å². The number of nitrogens with one attached hydrogen (secondary N) is 1. The van der Waals surface area contributed by atoms with Gasteiger partial charge in [-0.3, -0.25) is 4.79 Å². The molecule has 15 heavy (non-hydrogen) atoms. The molecular weight excluding hydrogens is 212 g/mol. The average Bonchev–Trinajstić information content (AvgIpc) is 2.18. The first-order valence-corrected chi connectivity index (χ1v) is 5.20. The van der Waals surface area contributed by atoms with Gasteiger partial charge in [0.05, 0.1) is 12.1 Å². The minimum Gasteiger partial charge on any atom is -0.348 e. The first-order chi connectivity index (χ1) is 7.02. The predicted molar refractivity (Wildman–Crippen MR) is 61.7 cm³/mol. The van der Waals surface area contributed by atoms with Gasteiger partial charge in [0.25, 0.3) is 0 Å². The Hall–Kier alpha value is -1.06. The van der Waals surface area contributed by atoms with E-state index in [4.69, 9.17) is 17.3 Å². The van der Waals surface area contributed by atoms with Gasteiger partial charge in [-0.2, -0.15) is 0 Å². The molecule has 82 valence electrons. The van der Waals surface area contributed by atoms with Gasteiger partial charge in [-0.25, -0.2) is 0 Å². The molecular formula is C11H15ClN2O. The minimum atomic E-state index is -0.505. The standard InChI is InChI=1S/C11H15ClN2O/c1-7(13)11(15)14-8(2)9-5-3-4-6-10(9)12/h3-8H,13H2,1-2H3,(H,14,15)/t7-,8-/m1/s1. The molecule has 0 spiro atoms. The van der Waals surface area contributed by atoms with Crippen molar-refractivity contribution >= 4 is 17.5 Å². The summed E-state index contributed by atoms with van der Waals surface area (Å²) in [5, 5.41) is 3.44. The number of hydrogen-bond donors (Lipinski definition) is 2. The van der Waals surface area contributed by atoms with Crippen molar-refractivity contribution in [3.05, 3.63) is 34.9 Å². The molecule has 3 nitrogen and oxygen atoms in total. The number of carbonyl (C=O) groups is 1. The highest BCUT2D eigenvalue weighted by atomic mass is 35.5. The maximum absolute atomic E-state index is 11.4. The van der Waals surface area contributed by atoms with Crippen molar-refractivity contribution in [1.82, 2.24) is 5.32 Å². The second-order valence-electron chi connectivity index (χ2n) is 3.54. The molecule has 0 aromatic heterocycles. The second kappa shape index (κ2) is 5.14. The van der Waals surface area contributed by atoms with Crippen LogP contribution >= 0.6 is 11.6 Å². The van der Waals surface area contributed by atoms with Gasteiger partial charge in [-0.15, -0.1) is 0 Å². The van der Waals surface area contributed by atoms with E-state index in [2.05, 4.69) is 5.32 Å². The van der Waals surface area contributed by atoms with Crippen LogP contribution in [0.1, 0.15) is 25.5 Å². The topological polar surface area (TPSA) is 55.1 Å². The van der Waals surface area contributed by atoms with Crippen molar-refractivity contribution in [2.75, 3.05) is 0 Å². The number of amides is 1. The van der Waals surface area contributed by atoms with Crippen LogP contribution in [0.4, 0.5) is 0 Å². The Kier molecular flexibility index (Phi) is 4.12. The van der Waals surface area contributed by atoms with E-state index in [0.717, 1.165) is 5.56 Å². The van der Waals surface area contributed by atoms with E-state index < -0.39 is 6.04 Å². The highest BCUT2D eigenvalue weighted by Crippen LogP contribution is 2.21. The molecule has 0 saturated heterocycles. The Morgan fingerprint density at radius 2 is 2.00 bits per heavy atom. The van der Waals surface area contributed by atoms with Crippen molar-refractivity contribution in [3.8, 4) is 0 Å². The van der Waals surface area contributed by atoms with Gasteiger partial charge in [-0.1, -0.05) is 29.8 Å². The Balaban J connectivity index is 2.73. The summed E-state index contributed by atoms with van der Waals surface area (Å²) >= 11 is 6.00. The van der Waals surface area contributed by atoms with Gasteiger partial charge in [0.1, 0.15) is 0 Å². The van der Waals surface area contributed by atoms with Crippen molar-refractivity contribution in [2.24, 2.45) is 5.73 Å². The lowest BCUT2D eigenvalue weighted by Crippen LogP contribution is -2.39. The molecule has 0 aliphatic rings. The third-order valence-electron chi connectivity index (χ3n) is 2.14.